The van der Waals surface area contributed by atoms with Gasteiger partial charge in [-0.15, -0.1) is 0 Å². The highest BCUT2D eigenvalue weighted by molar-refractivity contribution is 5.87. The average Bonchev–Trinajstić information content (AvgIpc) is 2.93. The number of nitrogens with zero attached hydrogens (tertiary/aromatic N) is 1. The van der Waals surface area contributed by atoms with Gasteiger partial charge in [0.2, 0.25) is 0 Å². The van der Waals surface area contributed by atoms with Gasteiger partial charge in [-0.25, -0.2) is 9.18 Å². The largest absolute Gasteiger partial charge is 0.478 e. The third-order valence-electron chi connectivity index (χ3n) is 4.70. The molecule has 1 heterocycles. The molecule has 2 unspecified atom stereocenters. The third-order valence-corrected chi connectivity index (χ3v) is 4.70. The number of hydrogen-bond acceptors (Lipinski definition) is 2. The number of benzene rings is 1. The van der Waals surface area contributed by atoms with E-state index in [0.717, 1.165) is 30.6 Å². The Morgan fingerprint density at radius 1 is 1.29 bits per heavy atom. The van der Waals surface area contributed by atoms with Crippen LogP contribution >= 0.6 is 0 Å². The van der Waals surface area contributed by atoms with E-state index in [1.165, 1.54) is 43.9 Å². The molecule has 2 atom stereocenters. The number of piperidine rings is 1. The molecule has 1 N–H and O–H groups in total. The van der Waals surface area contributed by atoms with Gasteiger partial charge < -0.3 is 10.0 Å². The molecule has 2 aliphatic rings. The number of rotatable bonds is 3. The van der Waals surface area contributed by atoms with Gasteiger partial charge in [-0.3, -0.25) is 0 Å². The molecule has 1 aliphatic heterocycles. The zero-order valence-electron chi connectivity index (χ0n) is 12.0. The van der Waals surface area contributed by atoms with Gasteiger partial charge in [0, 0.05) is 29.9 Å². The van der Waals surface area contributed by atoms with Crippen LogP contribution in [0.1, 0.15) is 37.7 Å². The average molecular weight is 289 g/mol. The molecule has 3 nitrogen and oxygen atoms in total. The molecule has 2 fully saturated rings. The number of carboxylic acid groups (broad SMARTS) is 1. The Labute approximate surface area is 124 Å². The van der Waals surface area contributed by atoms with Gasteiger partial charge >= 0.3 is 5.97 Å². The lowest BCUT2D eigenvalue weighted by Gasteiger charge is -2.40. The van der Waals surface area contributed by atoms with Crippen molar-refractivity contribution >= 4 is 17.7 Å². The molecule has 1 saturated heterocycles. The minimum Gasteiger partial charge on any atom is -0.478 e. The first-order chi connectivity index (χ1) is 10.1. The Hall–Kier alpha value is -1.84. The standard InChI is InChI=1S/C17H20FNO2/c18-14-7-8-16(13(11-14)6-9-17(20)21)19-10-2-4-12-3-1-5-15(12)19/h6-9,11-12,15H,1-5,10H2,(H,20,21). The topological polar surface area (TPSA) is 40.5 Å². The Bertz CT molecular complexity index is 570. The normalized spacial score (nSPS) is 25.3. The molecule has 0 spiro atoms. The molecule has 0 amide bonds. The highest BCUT2D eigenvalue weighted by atomic mass is 19.1. The summed E-state index contributed by atoms with van der Waals surface area (Å²) in [5.41, 5.74) is 1.62. The van der Waals surface area contributed by atoms with Crippen LogP contribution in [0.3, 0.4) is 0 Å². The van der Waals surface area contributed by atoms with Crippen molar-refractivity contribution in [1.82, 2.24) is 0 Å². The fraction of sp³-hybridized carbons (Fsp3) is 0.471. The second-order valence-corrected chi connectivity index (χ2v) is 5.97. The van der Waals surface area contributed by atoms with E-state index in [1.807, 2.05) is 0 Å². The summed E-state index contributed by atoms with van der Waals surface area (Å²) in [6.45, 7) is 0.973. The van der Waals surface area contributed by atoms with Gasteiger partial charge in [-0.1, -0.05) is 6.42 Å². The molecule has 0 aromatic heterocycles. The van der Waals surface area contributed by atoms with Gasteiger partial charge in [0.1, 0.15) is 5.82 Å². The van der Waals surface area contributed by atoms with Crippen molar-refractivity contribution < 1.29 is 14.3 Å². The van der Waals surface area contributed by atoms with Gasteiger partial charge in [-0.2, -0.15) is 0 Å². The third kappa shape index (κ3) is 2.94. The first-order valence-corrected chi connectivity index (χ1v) is 7.62. The fourth-order valence-corrected chi connectivity index (χ4v) is 3.83. The van der Waals surface area contributed by atoms with E-state index in [2.05, 4.69) is 4.90 Å². The lowest BCUT2D eigenvalue weighted by molar-refractivity contribution is -0.131. The zero-order valence-corrected chi connectivity index (χ0v) is 12.0. The van der Waals surface area contributed by atoms with Crippen molar-refractivity contribution in [3.63, 3.8) is 0 Å². The monoisotopic (exact) mass is 289 g/mol. The van der Waals surface area contributed by atoms with Crippen LogP contribution in [0, 0.1) is 11.7 Å². The fourth-order valence-electron chi connectivity index (χ4n) is 3.83. The first-order valence-electron chi connectivity index (χ1n) is 7.62. The summed E-state index contributed by atoms with van der Waals surface area (Å²) in [5, 5.41) is 8.80. The number of carbonyl (C=O) groups is 1. The van der Waals surface area contributed by atoms with Crippen LogP contribution in [0.5, 0.6) is 0 Å². The maximum Gasteiger partial charge on any atom is 0.328 e. The molecule has 3 rings (SSSR count). The highest BCUT2D eigenvalue weighted by Gasteiger charge is 2.35. The summed E-state index contributed by atoms with van der Waals surface area (Å²) in [6, 6.07) is 5.21. The smallest absolute Gasteiger partial charge is 0.328 e. The van der Waals surface area contributed by atoms with Crippen LogP contribution < -0.4 is 4.90 Å². The number of anilines is 1. The molecule has 1 aromatic carbocycles. The minimum absolute atomic E-state index is 0.330. The van der Waals surface area contributed by atoms with Gasteiger partial charge in [0.15, 0.2) is 0 Å². The van der Waals surface area contributed by atoms with Crippen LogP contribution in [-0.4, -0.2) is 23.7 Å². The number of halogens is 1. The summed E-state index contributed by atoms with van der Waals surface area (Å²) in [7, 11) is 0. The van der Waals surface area contributed by atoms with Gasteiger partial charge in [-0.05, 0) is 55.9 Å². The Morgan fingerprint density at radius 3 is 2.90 bits per heavy atom. The van der Waals surface area contributed by atoms with Gasteiger partial charge in [0.25, 0.3) is 0 Å². The second-order valence-electron chi connectivity index (χ2n) is 5.97. The number of carboxylic acids is 1. The summed E-state index contributed by atoms with van der Waals surface area (Å²) >= 11 is 0. The SMILES string of the molecule is O=C(O)C=Cc1cc(F)ccc1N1CCCC2CCCC21. The van der Waals surface area contributed by atoms with E-state index < -0.39 is 5.97 Å². The van der Waals surface area contributed by atoms with E-state index in [9.17, 15) is 9.18 Å². The van der Waals surface area contributed by atoms with E-state index in [4.69, 9.17) is 5.11 Å². The predicted molar refractivity (Wildman–Crippen MR) is 80.8 cm³/mol. The van der Waals surface area contributed by atoms with E-state index in [-0.39, 0.29) is 5.82 Å². The van der Waals surface area contributed by atoms with Crippen molar-refractivity contribution in [2.45, 2.75) is 38.1 Å². The Kier molecular flexibility index (Phi) is 3.95. The molecule has 4 heteroatoms. The molecule has 0 bridgehead atoms. The van der Waals surface area contributed by atoms with E-state index >= 15 is 0 Å². The lowest BCUT2D eigenvalue weighted by Crippen LogP contribution is -2.43. The zero-order chi connectivity index (χ0) is 14.8. The lowest BCUT2D eigenvalue weighted by atomic mass is 9.91. The van der Waals surface area contributed by atoms with Crippen molar-refractivity contribution in [1.29, 1.82) is 0 Å². The molecule has 1 saturated carbocycles. The highest BCUT2D eigenvalue weighted by Crippen LogP contribution is 2.40. The molecule has 0 radical (unpaired) electrons. The molecule has 1 aliphatic carbocycles. The number of aliphatic carboxylic acids is 1. The van der Waals surface area contributed by atoms with E-state index in [1.54, 1.807) is 6.07 Å². The quantitative estimate of drug-likeness (QED) is 0.863. The van der Waals surface area contributed by atoms with Crippen LogP contribution in [-0.2, 0) is 4.79 Å². The summed E-state index contributed by atoms with van der Waals surface area (Å²) < 4.78 is 13.5. The molecular weight excluding hydrogens is 269 g/mol. The maximum atomic E-state index is 13.5. The molecule has 1 aromatic rings. The molecule has 112 valence electrons. The summed E-state index contributed by atoms with van der Waals surface area (Å²) in [4.78, 5) is 13.1. The summed E-state index contributed by atoms with van der Waals surface area (Å²) in [5.74, 6) is -0.605. The van der Waals surface area contributed by atoms with Crippen LogP contribution in [0.25, 0.3) is 6.08 Å². The van der Waals surface area contributed by atoms with Crippen molar-refractivity contribution in [2.75, 3.05) is 11.4 Å². The van der Waals surface area contributed by atoms with Crippen LogP contribution in [0.15, 0.2) is 24.3 Å². The second kappa shape index (κ2) is 5.88. The van der Waals surface area contributed by atoms with Gasteiger partial charge in [0.05, 0.1) is 0 Å². The van der Waals surface area contributed by atoms with Crippen LogP contribution in [0.4, 0.5) is 10.1 Å². The van der Waals surface area contributed by atoms with Crippen LogP contribution in [0.2, 0.25) is 0 Å². The summed E-state index contributed by atoms with van der Waals surface area (Å²) in [6.07, 6.45) is 8.73. The Morgan fingerprint density at radius 2 is 2.10 bits per heavy atom. The molecule has 21 heavy (non-hydrogen) atoms. The maximum absolute atomic E-state index is 13.5. The van der Waals surface area contributed by atoms with Crippen molar-refractivity contribution in [3.05, 3.63) is 35.7 Å². The number of fused-ring (bicyclic) bond motifs is 1. The minimum atomic E-state index is -1.01. The van der Waals surface area contributed by atoms with E-state index in [0.29, 0.717) is 11.6 Å². The Balaban J connectivity index is 1.95. The molecular formula is C17H20FNO2. The van der Waals surface area contributed by atoms with Crippen molar-refractivity contribution in [3.8, 4) is 0 Å². The predicted octanol–water partition coefficient (Wildman–Crippen LogP) is 3.69. The first kappa shape index (κ1) is 14.1. The number of hydrogen-bond donors (Lipinski definition) is 1. The van der Waals surface area contributed by atoms with Crippen molar-refractivity contribution in [2.24, 2.45) is 5.92 Å².